The van der Waals surface area contributed by atoms with Crippen LogP contribution in [0.4, 0.5) is 0 Å². The number of carbonyl (C=O) groups excluding carboxylic acids is 1. The van der Waals surface area contributed by atoms with Crippen molar-refractivity contribution in [3.05, 3.63) is 83.7 Å². The summed E-state index contributed by atoms with van der Waals surface area (Å²) in [5.74, 6) is 0.196. The van der Waals surface area contributed by atoms with E-state index >= 15 is 0 Å². The predicted octanol–water partition coefficient (Wildman–Crippen LogP) is 2.81. The van der Waals surface area contributed by atoms with Crippen LogP contribution in [0.5, 0.6) is 0 Å². The molecule has 0 aliphatic carbocycles. The number of imidazole rings is 1. The van der Waals surface area contributed by atoms with Crippen LogP contribution in [0.1, 0.15) is 35.4 Å². The van der Waals surface area contributed by atoms with Crippen molar-refractivity contribution in [3.8, 4) is 6.07 Å². The monoisotopic (exact) mass is 442 g/mol. The van der Waals surface area contributed by atoms with Gasteiger partial charge in [0.1, 0.15) is 0 Å². The molecule has 1 saturated heterocycles. The summed E-state index contributed by atoms with van der Waals surface area (Å²) >= 11 is 0. The number of pyridine rings is 1. The summed E-state index contributed by atoms with van der Waals surface area (Å²) in [4.78, 5) is 23.8. The second kappa shape index (κ2) is 11.4. The van der Waals surface area contributed by atoms with Crippen molar-refractivity contribution in [2.24, 2.45) is 5.92 Å². The second-order valence-electron chi connectivity index (χ2n) is 8.57. The summed E-state index contributed by atoms with van der Waals surface area (Å²) < 4.78 is 2.09. The molecule has 33 heavy (non-hydrogen) atoms. The van der Waals surface area contributed by atoms with Gasteiger partial charge in [-0.25, -0.2) is 4.98 Å². The first-order valence-corrected chi connectivity index (χ1v) is 11.6. The normalized spacial score (nSPS) is 16.3. The minimum absolute atomic E-state index is 0.0473. The standard InChI is InChI=1S/C26H30N6O/c27-16-21-6-8-22(9-7-21)18-32-20-28-17-25(32)10-13-30-26(33)23-4-3-14-31(19-23)15-11-24-5-1-2-12-29-24/h1-2,5-9,12,17,20,23H,3-4,10-11,13-15,18-19H2,(H,30,33)/t23-/m0/s1. The largest absolute Gasteiger partial charge is 0.355 e. The van der Waals surface area contributed by atoms with Crippen molar-refractivity contribution in [2.45, 2.75) is 32.2 Å². The van der Waals surface area contributed by atoms with Crippen LogP contribution >= 0.6 is 0 Å². The highest BCUT2D eigenvalue weighted by Crippen LogP contribution is 2.17. The number of carbonyl (C=O) groups is 1. The van der Waals surface area contributed by atoms with Gasteiger partial charge in [-0.15, -0.1) is 0 Å². The first-order chi connectivity index (χ1) is 16.2. The molecule has 3 heterocycles. The lowest BCUT2D eigenvalue weighted by Gasteiger charge is -2.31. The van der Waals surface area contributed by atoms with Gasteiger partial charge >= 0.3 is 0 Å². The van der Waals surface area contributed by atoms with Gasteiger partial charge in [-0.2, -0.15) is 5.26 Å². The summed E-state index contributed by atoms with van der Waals surface area (Å²) in [6.45, 7) is 4.10. The molecule has 170 valence electrons. The maximum Gasteiger partial charge on any atom is 0.224 e. The molecule has 0 saturated carbocycles. The number of amides is 1. The number of likely N-dealkylation sites (tertiary alicyclic amines) is 1. The van der Waals surface area contributed by atoms with Crippen LogP contribution in [-0.4, -0.2) is 51.5 Å². The lowest BCUT2D eigenvalue weighted by molar-refractivity contribution is -0.126. The van der Waals surface area contributed by atoms with Gasteiger partial charge in [0.05, 0.1) is 23.9 Å². The van der Waals surface area contributed by atoms with E-state index < -0.39 is 0 Å². The fraction of sp³-hybridized carbons (Fsp3) is 0.385. The molecule has 1 aliphatic heterocycles. The molecule has 1 aromatic carbocycles. The van der Waals surface area contributed by atoms with Crippen LogP contribution in [0.25, 0.3) is 0 Å². The Morgan fingerprint density at radius 2 is 2.06 bits per heavy atom. The Labute approximate surface area is 195 Å². The highest BCUT2D eigenvalue weighted by atomic mass is 16.1. The Hall–Kier alpha value is -3.50. The number of nitrogens with zero attached hydrogens (tertiary/aromatic N) is 5. The van der Waals surface area contributed by atoms with E-state index in [0.29, 0.717) is 18.7 Å². The Balaban J connectivity index is 1.22. The molecule has 1 aliphatic rings. The van der Waals surface area contributed by atoms with Crippen molar-refractivity contribution in [1.29, 1.82) is 5.26 Å². The van der Waals surface area contributed by atoms with Crippen molar-refractivity contribution in [2.75, 3.05) is 26.2 Å². The zero-order valence-corrected chi connectivity index (χ0v) is 18.9. The van der Waals surface area contributed by atoms with E-state index in [1.54, 1.807) is 0 Å². The average Bonchev–Trinajstić information content (AvgIpc) is 3.30. The average molecular weight is 443 g/mol. The van der Waals surface area contributed by atoms with Gasteiger partial charge < -0.3 is 14.8 Å². The summed E-state index contributed by atoms with van der Waals surface area (Å²) in [7, 11) is 0. The van der Waals surface area contributed by atoms with Crippen molar-refractivity contribution < 1.29 is 4.79 Å². The Kier molecular flexibility index (Phi) is 7.83. The molecular formula is C26H30N6O. The Morgan fingerprint density at radius 3 is 2.85 bits per heavy atom. The molecular weight excluding hydrogens is 412 g/mol. The number of nitriles is 1. The smallest absolute Gasteiger partial charge is 0.224 e. The van der Waals surface area contributed by atoms with Crippen LogP contribution < -0.4 is 5.32 Å². The second-order valence-corrected chi connectivity index (χ2v) is 8.57. The number of hydrogen-bond acceptors (Lipinski definition) is 5. The maximum atomic E-state index is 12.8. The molecule has 0 spiro atoms. The van der Waals surface area contributed by atoms with E-state index in [2.05, 4.69) is 36.9 Å². The predicted molar refractivity (Wildman–Crippen MR) is 126 cm³/mol. The molecule has 0 unspecified atom stereocenters. The first-order valence-electron chi connectivity index (χ1n) is 11.6. The number of benzene rings is 1. The number of rotatable bonds is 9. The topological polar surface area (TPSA) is 86.8 Å². The molecule has 1 amide bonds. The third-order valence-electron chi connectivity index (χ3n) is 6.20. The number of piperidine rings is 1. The van der Waals surface area contributed by atoms with E-state index in [-0.39, 0.29) is 11.8 Å². The van der Waals surface area contributed by atoms with Gasteiger partial charge in [-0.05, 0) is 49.2 Å². The maximum absolute atomic E-state index is 12.8. The van der Waals surface area contributed by atoms with Gasteiger partial charge in [0.2, 0.25) is 5.91 Å². The van der Waals surface area contributed by atoms with Gasteiger partial charge in [-0.3, -0.25) is 9.78 Å². The summed E-state index contributed by atoms with van der Waals surface area (Å²) in [5, 5.41) is 12.1. The van der Waals surface area contributed by atoms with Crippen molar-refractivity contribution in [3.63, 3.8) is 0 Å². The van der Waals surface area contributed by atoms with Gasteiger partial charge in [0, 0.05) is 62.8 Å². The van der Waals surface area contributed by atoms with Crippen LogP contribution in [0, 0.1) is 17.2 Å². The van der Waals surface area contributed by atoms with E-state index in [1.807, 2.05) is 55.1 Å². The Bertz CT molecular complexity index is 1070. The van der Waals surface area contributed by atoms with Gasteiger partial charge in [-0.1, -0.05) is 18.2 Å². The third-order valence-corrected chi connectivity index (χ3v) is 6.20. The number of nitrogens with one attached hydrogen (secondary N) is 1. The van der Waals surface area contributed by atoms with Gasteiger partial charge in [0.15, 0.2) is 0 Å². The van der Waals surface area contributed by atoms with Crippen LogP contribution in [-0.2, 0) is 24.2 Å². The zero-order chi connectivity index (χ0) is 22.9. The van der Waals surface area contributed by atoms with E-state index in [4.69, 9.17) is 5.26 Å². The lowest BCUT2D eigenvalue weighted by Crippen LogP contribution is -2.44. The SMILES string of the molecule is N#Cc1ccc(Cn2cncc2CCNC(=O)[C@H]2CCCN(CCc3ccccn3)C2)cc1. The summed E-state index contributed by atoms with van der Waals surface area (Å²) in [5.41, 5.74) is 3.96. The van der Waals surface area contributed by atoms with E-state index in [0.717, 1.165) is 62.3 Å². The molecule has 1 N–H and O–H groups in total. The molecule has 7 heteroatoms. The number of aromatic nitrogens is 3. The van der Waals surface area contributed by atoms with Crippen LogP contribution in [0.3, 0.4) is 0 Å². The highest BCUT2D eigenvalue weighted by Gasteiger charge is 2.25. The van der Waals surface area contributed by atoms with Crippen molar-refractivity contribution in [1.82, 2.24) is 24.8 Å². The van der Waals surface area contributed by atoms with Crippen LogP contribution in [0.15, 0.2) is 61.2 Å². The molecule has 1 fully saturated rings. The fourth-order valence-corrected chi connectivity index (χ4v) is 4.33. The third kappa shape index (κ3) is 6.50. The summed E-state index contributed by atoms with van der Waals surface area (Å²) in [6, 6.07) is 15.7. The fourth-order valence-electron chi connectivity index (χ4n) is 4.33. The van der Waals surface area contributed by atoms with E-state index in [9.17, 15) is 4.79 Å². The molecule has 3 aromatic rings. The lowest BCUT2D eigenvalue weighted by atomic mass is 9.97. The Morgan fingerprint density at radius 1 is 1.18 bits per heavy atom. The molecule has 0 bridgehead atoms. The summed E-state index contributed by atoms with van der Waals surface area (Å²) in [6.07, 6.45) is 9.15. The molecule has 7 nitrogen and oxygen atoms in total. The molecule has 4 rings (SSSR count). The molecule has 0 radical (unpaired) electrons. The molecule has 2 aromatic heterocycles. The van der Waals surface area contributed by atoms with Crippen molar-refractivity contribution >= 4 is 5.91 Å². The molecule has 1 atom stereocenters. The minimum atomic E-state index is 0.0473. The zero-order valence-electron chi connectivity index (χ0n) is 18.9. The number of hydrogen-bond donors (Lipinski definition) is 1. The highest BCUT2D eigenvalue weighted by molar-refractivity contribution is 5.78. The first kappa shape index (κ1) is 22.7. The minimum Gasteiger partial charge on any atom is -0.355 e. The van der Waals surface area contributed by atoms with E-state index in [1.165, 1.54) is 0 Å². The van der Waals surface area contributed by atoms with Gasteiger partial charge in [0.25, 0.3) is 0 Å². The van der Waals surface area contributed by atoms with Crippen LogP contribution in [0.2, 0.25) is 0 Å². The quantitative estimate of drug-likeness (QED) is 0.551.